The van der Waals surface area contributed by atoms with E-state index in [0.717, 1.165) is 5.56 Å². The minimum Gasteiger partial charge on any atom is -0.453 e. The minimum atomic E-state index is 0.349. The molecule has 0 amide bonds. The number of furan rings is 1. The second-order valence-corrected chi connectivity index (χ2v) is 5.45. The summed E-state index contributed by atoms with van der Waals surface area (Å²) in [7, 11) is 0. The van der Waals surface area contributed by atoms with Gasteiger partial charge in [-0.2, -0.15) is 0 Å². The van der Waals surface area contributed by atoms with Crippen molar-refractivity contribution in [3.63, 3.8) is 0 Å². The molecule has 0 radical (unpaired) electrons. The first kappa shape index (κ1) is 13.7. The highest BCUT2D eigenvalue weighted by molar-refractivity contribution is 7.98. The molecular weight excluding hydrogens is 280 g/mol. The highest BCUT2D eigenvalue weighted by Gasteiger charge is 2.06. The molecule has 0 spiro atoms. The van der Waals surface area contributed by atoms with E-state index in [9.17, 15) is 4.79 Å². The van der Waals surface area contributed by atoms with Crippen molar-refractivity contribution in [2.75, 3.05) is 6.26 Å². The number of hydrogen-bond acceptors (Lipinski definition) is 3. The standard InChI is InChI=1S/C18H14O2S/c1-21-18-5-3-2-4-16(18)13-6-8-14(9-7-13)17-11-10-15(12-19)20-17/h2-12H,1H3. The Bertz CT molecular complexity index is 757. The molecule has 0 unspecified atom stereocenters. The normalized spacial score (nSPS) is 10.5. The fourth-order valence-electron chi connectivity index (χ4n) is 2.27. The second-order valence-electron chi connectivity index (χ2n) is 4.60. The monoisotopic (exact) mass is 294 g/mol. The van der Waals surface area contributed by atoms with E-state index in [1.165, 1.54) is 16.0 Å². The van der Waals surface area contributed by atoms with Crippen LogP contribution in [0.15, 0.2) is 70.0 Å². The van der Waals surface area contributed by atoms with Gasteiger partial charge in [0.1, 0.15) is 5.76 Å². The predicted molar refractivity (Wildman–Crippen MR) is 86.7 cm³/mol. The van der Waals surface area contributed by atoms with E-state index in [1.54, 1.807) is 17.8 Å². The van der Waals surface area contributed by atoms with Gasteiger partial charge in [0.05, 0.1) is 0 Å². The molecule has 104 valence electrons. The molecule has 0 bridgehead atoms. The molecule has 0 saturated heterocycles. The van der Waals surface area contributed by atoms with Crippen molar-refractivity contribution in [1.82, 2.24) is 0 Å². The average molecular weight is 294 g/mol. The third kappa shape index (κ3) is 2.78. The van der Waals surface area contributed by atoms with Crippen molar-refractivity contribution < 1.29 is 9.21 Å². The topological polar surface area (TPSA) is 30.2 Å². The van der Waals surface area contributed by atoms with Gasteiger partial charge in [-0.15, -0.1) is 11.8 Å². The van der Waals surface area contributed by atoms with Crippen molar-refractivity contribution in [1.29, 1.82) is 0 Å². The van der Waals surface area contributed by atoms with E-state index in [-0.39, 0.29) is 0 Å². The molecule has 2 nitrogen and oxygen atoms in total. The van der Waals surface area contributed by atoms with Gasteiger partial charge in [-0.3, -0.25) is 4.79 Å². The van der Waals surface area contributed by atoms with Gasteiger partial charge in [0, 0.05) is 10.5 Å². The van der Waals surface area contributed by atoms with Crippen LogP contribution in [0, 0.1) is 0 Å². The van der Waals surface area contributed by atoms with E-state index in [1.807, 2.05) is 30.3 Å². The molecule has 3 heteroatoms. The molecule has 0 N–H and O–H groups in total. The quantitative estimate of drug-likeness (QED) is 0.492. The zero-order valence-corrected chi connectivity index (χ0v) is 12.4. The van der Waals surface area contributed by atoms with E-state index in [2.05, 4.69) is 30.5 Å². The van der Waals surface area contributed by atoms with Crippen LogP contribution in [0.3, 0.4) is 0 Å². The zero-order valence-electron chi connectivity index (χ0n) is 11.6. The number of carbonyl (C=O) groups excluding carboxylic acids is 1. The lowest BCUT2D eigenvalue weighted by molar-refractivity contribution is 0.110. The molecule has 0 aliphatic rings. The van der Waals surface area contributed by atoms with Crippen LogP contribution in [0.1, 0.15) is 10.6 Å². The van der Waals surface area contributed by atoms with Crippen LogP contribution in [0.25, 0.3) is 22.5 Å². The van der Waals surface area contributed by atoms with Gasteiger partial charge in [0.25, 0.3) is 0 Å². The van der Waals surface area contributed by atoms with Crippen LogP contribution in [0.2, 0.25) is 0 Å². The Hall–Kier alpha value is -2.26. The van der Waals surface area contributed by atoms with Gasteiger partial charge >= 0.3 is 0 Å². The molecule has 2 aromatic carbocycles. The van der Waals surface area contributed by atoms with Gasteiger partial charge in [0.15, 0.2) is 12.0 Å². The summed E-state index contributed by atoms with van der Waals surface area (Å²) in [5, 5.41) is 0. The Kier molecular flexibility index (Phi) is 3.93. The van der Waals surface area contributed by atoms with Crippen LogP contribution in [-0.4, -0.2) is 12.5 Å². The Morgan fingerprint density at radius 1 is 0.905 bits per heavy atom. The van der Waals surface area contributed by atoms with Gasteiger partial charge < -0.3 is 4.42 Å². The molecule has 21 heavy (non-hydrogen) atoms. The van der Waals surface area contributed by atoms with Crippen molar-refractivity contribution in [3.8, 4) is 22.5 Å². The summed E-state index contributed by atoms with van der Waals surface area (Å²) in [5.41, 5.74) is 3.36. The molecule has 0 atom stereocenters. The molecular formula is C18H14O2S. The van der Waals surface area contributed by atoms with E-state index in [4.69, 9.17) is 4.42 Å². The van der Waals surface area contributed by atoms with Crippen molar-refractivity contribution in [3.05, 3.63) is 66.4 Å². The number of hydrogen-bond donors (Lipinski definition) is 0. The van der Waals surface area contributed by atoms with Crippen molar-refractivity contribution >= 4 is 18.0 Å². The lowest BCUT2D eigenvalue weighted by atomic mass is 10.0. The van der Waals surface area contributed by atoms with E-state index < -0.39 is 0 Å². The van der Waals surface area contributed by atoms with E-state index >= 15 is 0 Å². The maximum absolute atomic E-state index is 10.7. The van der Waals surface area contributed by atoms with Gasteiger partial charge in [-0.25, -0.2) is 0 Å². The summed E-state index contributed by atoms with van der Waals surface area (Å²) in [6.45, 7) is 0. The lowest BCUT2D eigenvalue weighted by Gasteiger charge is -2.07. The lowest BCUT2D eigenvalue weighted by Crippen LogP contribution is -1.82. The molecule has 1 aromatic heterocycles. The van der Waals surface area contributed by atoms with E-state index in [0.29, 0.717) is 17.8 Å². The largest absolute Gasteiger partial charge is 0.453 e. The van der Waals surface area contributed by atoms with Crippen LogP contribution < -0.4 is 0 Å². The summed E-state index contributed by atoms with van der Waals surface area (Å²) in [5.74, 6) is 1.06. The van der Waals surface area contributed by atoms with Gasteiger partial charge in [-0.05, 0) is 35.6 Å². The molecule has 0 aliphatic carbocycles. The molecule has 3 aromatic rings. The fraction of sp³-hybridized carbons (Fsp3) is 0.0556. The number of rotatable bonds is 4. The third-order valence-corrected chi connectivity index (χ3v) is 4.13. The second kappa shape index (κ2) is 6.02. The summed E-state index contributed by atoms with van der Waals surface area (Å²) >= 11 is 1.74. The first-order valence-electron chi connectivity index (χ1n) is 6.60. The van der Waals surface area contributed by atoms with Crippen LogP contribution >= 0.6 is 11.8 Å². The first-order chi connectivity index (χ1) is 10.3. The number of aldehydes is 1. The highest BCUT2D eigenvalue weighted by Crippen LogP contribution is 2.31. The first-order valence-corrected chi connectivity index (χ1v) is 7.83. The Morgan fingerprint density at radius 2 is 1.62 bits per heavy atom. The molecule has 0 fully saturated rings. The summed E-state index contributed by atoms with van der Waals surface area (Å²) in [6.07, 6.45) is 2.80. The maximum Gasteiger partial charge on any atom is 0.185 e. The molecule has 1 heterocycles. The van der Waals surface area contributed by atoms with Crippen LogP contribution in [0.5, 0.6) is 0 Å². The Labute approximate surface area is 127 Å². The van der Waals surface area contributed by atoms with Crippen LogP contribution in [0.4, 0.5) is 0 Å². The zero-order chi connectivity index (χ0) is 14.7. The maximum atomic E-state index is 10.7. The summed E-state index contributed by atoms with van der Waals surface area (Å²) in [6, 6.07) is 20.0. The van der Waals surface area contributed by atoms with Crippen LogP contribution in [-0.2, 0) is 0 Å². The Morgan fingerprint density at radius 3 is 2.29 bits per heavy atom. The molecule has 0 saturated carbocycles. The highest BCUT2D eigenvalue weighted by atomic mass is 32.2. The molecule has 0 aliphatic heterocycles. The average Bonchev–Trinajstić information content (AvgIpc) is 3.04. The van der Waals surface area contributed by atoms with Gasteiger partial charge in [-0.1, -0.05) is 42.5 Å². The Balaban J connectivity index is 1.95. The minimum absolute atomic E-state index is 0.349. The summed E-state index contributed by atoms with van der Waals surface area (Å²) < 4.78 is 5.44. The van der Waals surface area contributed by atoms with Crippen molar-refractivity contribution in [2.24, 2.45) is 0 Å². The van der Waals surface area contributed by atoms with Gasteiger partial charge in [0.2, 0.25) is 0 Å². The summed E-state index contributed by atoms with van der Waals surface area (Å²) in [4.78, 5) is 11.9. The predicted octanol–water partition coefficient (Wildman–Crippen LogP) is 5.15. The smallest absolute Gasteiger partial charge is 0.185 e. The number of benzene rings is 2. The van der Waals surface area contributed by atoms with Crippen molar-refractivity contribution in [2.45, 2.75) is 4.90 Å². The number of carbonyl (C=O) groups is 1. The fourth-order valence-corrected chi connectivity index (χ4v) is 2.89. The third-order valence-electron chi connectivity index (χ3n) is 3.33. The SMILES string of the molecule is CSc1ccccc1-c1ccc(-c2ccc(C=O)o2)cc1. The number of thioether (sulfide) groups is 1. The molecule has 3 rings (SSSR count).